The molecule has 21 heavy (non-hydrogen) atoms. The van der Waals surface area contributed by atoms with E-state index < -0.39 is 47.1 Å². The molecule has 16 heteroatoms. The van der Waals surface area contributed by atoms with Gasteiger partial charge in [0.25, 0.3) is 15.3 Å². The summed E-state index contributed by atoms with van der Waals surface area (Å²) in [4.78, 5) is 25.1. The van der Waals surface area contributed by atoms with Gasteiger partial charge < -0.3 is 36.0 Å². The Morgan fingerprint density at radius 1 is 0.619 bits per heavy atom. The summed E-state index contributed by atoms with van der Waals surface area (Å²) in [6.07, 6.45) is 0. The Bertz CT molecular complexity index is 221. The first-order valence-corrected chi connectivity index (χ1v) is 4.37. The molecule has 0 saturated heterocycles. The monoisotopic (exact) mass is 325 g/mol. The predicted molar refractivity (Wildman–Crippen MR) is 57.1 cm³/mol. The van der Waals surface area contributed by atoms with Crippen molar-refractivity contribution in [1.29, 1.82) is 0 Å². The lowest BCUT2D eigenvalue weighted by Gasteiger charge is -2.23. The van der Waals surface area contributed by atoms with Crippen LogP contribution in [0.15, 0.2) is 0 Å². The van der Waals surface area contributed by atoms with Crippen molar-refractivity contribution in [3.05, 3.63) is 30.3 Å². The first kappa shape index (κ1) is 26.9. The highest BCUT2D eigenvalue weighted by molar-refractivity contribution is 4.74. The van der Waals surface area contributed by atoms with Gasteiger partial charge in [-0.25, -0.2) is 0 Å². The van der Waals surface area contributed by atoms with Crippen molar-refractivity contribution in [2.24, 2.45) is 5.41 Å². The molecule has 0 rings (SSSR count). The lowest BCUT2D eigenvalue weighted by Crippen LogP contribution is -2.37. The van der Waals surface area contributed by atoms with Crippen molar-refractivity contribution in [3.63, 3.8) is 0 Å². The topological polar surface area (TPSA) is 271 Å². The highest BCUT2D eigenvalue weighted by atomic mass is 16.9. The molecule has 0 heterocycles. The van der Waals surface area contributed by atoms with Crippen LogP contribution in [0.1, 0.15) is 0 Å². The molecule has 0 aromatic rings. The summed E-state index contributed by atoms with van der Waals surface area (Å²) in [6, 6.07) is 0. The zero-order chi connectivity index (χ0) is 18.1. The zero-order valence-electron chi connectivity index (χ0n) is 10.3. The molecular formula is C5H15N3O13. The van der Waals surface area contributed by atoms with Crippen molar-refractivity contribution < 1.29 is 51.3 Å². The largest absolute Gasteiger partial charge is 0.396 e. The number of nitrogens with zero attached hydrogens (tertiary/aromatic N) is 3. The molecule has 0 aliphatic heterocycles. The highest BCUT2D eigenvalue weighted by Gasteiger charge is 2.26. The summed E-state index contributed by atoms with van der Waals surface area (Å²) in [5.41, 5.74) is -1.11. The number of hydrogen-bond donors (Lipinski definition) is 7. The van der Waals surface area contributed by atoms with Gasteiger partial charge in [-0.3, -0.25) is 0 Å². The normalized spacial score (nSPS) is 8.57. The van der Waals surface area contributed by atoms with Crippen LogP contribution >= 0.6 is 0 Å². The first-order chi connectivity index (χ1) is 9.44. The van der Waals surface area contributed by atoms with Crippen LogP contribution in [-0.4, -0.2) is 77.7 Å². The second-order valence-electron chi connectivity index (χ2n) is 2.85. The van der Waals surface area contributed by atoms with Gasteiger partial charge in [-0.2, -0.15) is 0 Å². The predicted octanol–water partition coefficient (Wildman–Crippen LogP) is -3.10. The second kappa shape index (κ2) is 17.4. The SMILES string of the molecule is O=[N+]([O-])O.O=[N+]([O-])O.O=[N+]([O-])O.OCC(CO)(CO)CO. The standard InChI is InChI=1S/C5H12O4.3HNO3/c6-1-5(2-7,3-8)4-9;3*2-1(3)4/h6-9H,1-4H2;3*(H,2,3,4). The van der Waals surface area contributed by atoms with E-state index in [4.69, 9.17) is 66.4 Å². The van der Waals surface area contributed by atoms with Crippen molar-refractivity contribution in [2.45, 2.75) is 0 Å². The van der Waals surface area contributed by atoms with E-state index in [2.05, 4.69) is 0 Å². The van der Waals surface area contributed by atoms with E-state index in [0.717, 1.165) is 0 Å². The van der Waals surface area contributed by atoms with Gasteiger partial charge in [-0.1, -0.05) is 0 Å². The van der Waals surface area contributed by atoms with Crippen molar-refractivity contribution in [3.8, 4) is 0 Å². The average molecular weight is 325 g/mol. The molecule has 0 atom stereocenters. The summed E-state index contributed by atoms with van der Waals surface area (Å²) in [5, 5.41) is 74.9. The maximum atomic E-state index is 8.50. The Hall–Kier alpha value is -2.56. The molecule has 0 bridgehead atoms. The van der Waals surface area contributed by atoms with E-state index in [-0.39, 0.29) is 0 Å². The quantitative estimate of drug-likeness (QED) is 0.199. The zero-order valence-corrected chi connectivity index (χ0v) is 10.3. The molecule has 0 aromatic heterocycles. The highest BCUT2D eigenvalue weighted by Crippen LogP contribution is 2.11. The summed E-state index contributed by atoms with van der Waals surface area (Å²) < 4.78 is 0. The van der Waals surface area contributed by atoms with E-state index in [0.29, 0.717) is 0 Å². The number of rotatable bonds is 4. The first-order valence-electron chi connectivity index (χ1n) is 4.37. The van der Waals surface area contributed by atoms with E-state index in [1.54, 1.807) is 0 Å². The molecule has 0 radical (unpaired) electrons. The summed E-state index contributed by atoms with van der Waals surface area (Å²) >= 11 is 0. The second-order valence-corrected chi connectivity index (χ2v) is 2.85. The van der Waals surface area contributed by atoms with E-state index in [1.165, 1.54) is 0 Å². The van der Waals surface area contributed by atoms with Crippen LogP contribution in [0.4, 0.5) is 0 Å². The smallest absolute Gasteiger partial charge is 0.291 e. The van der Waals surface area contributed by atoms with Crippen LogP contribution in [-0.2, 0) is 0 Å². The van der Waals surface area contributed by atoms with Crippen molar-refractivity contribution in [2.75, 3.05) is 26.4 Å². The molecule has 0 aliphatic rings. The van der Waals surface area contributed by atoms with Crippen LogP contribution in [0.25, 0.3) is 0 Å². The van der Waals surface area contributed by atoms with Gasteiger partial charge in [0.05, 0.1) is 31.8 Å². The Balaban J connectivity index is -0.000000102. The van der Waals surface area contributed by atoms with Crippen LogP contribution in [0.5, 0.6) is 0 Å². The molecule has 128 valence electrons. The summed E-state index contributed by atoms with van der Waals surface area (Å²) in [5.74, 6) is 0. The number of aliphatic hydroxyl groups excluding tert-OH is 4. The third kappa shape index (κ3) is 46.7. The van der Waals surface area contributed by atoms with Gasteiger partial charge >= 0.3 is 0 Å². The van der Waals surface area contributed by atoms with E-state index in [9.17, 15) is 0 Å². The minimum absolute atomic E-state index is 0.406. The minimum Gasteiger partial charge on any atom is -0.396 e. The molecule has 0 amide bonds. The van der Waals surface area contributed by atoms with E-state index in [1.807, 2.05) is 0 Å². The molecule has 0 unspecified atom stereocenters. The summed E-state index contributed by atoms with van der Waals surface area (Å²) in [7, 11) is 0. The third-order valence-corrected chi connectivity index (χ3v) is 1.34. The number of aliphatic hydroxyl groups is 4. The Morgan fingerprint density at radius 2 is 0.714 bits per heavy atom. The third-order valence-electron chi connectivity index (χ3n) is 1.34. The fraction of sp³-hybridized carbons (Fsp3) is 1.00. The maximum Gasteiger partial charge on any atom is 0.291 e. The fourth-order valence-corrected chi connectivity index (χ4v) is 0.300. The molecule has 16 nitrogen and oxygen atoms in total. The molecular weight excluding hydrogens is 310 g/mol. The molecule has 7 N–H and O–H groups in total. The number of hydrogen-bond acceptors (Lipinski definition) is 10. The molecule has 0 fully saturated rings. The van der Waals surface area contributed by atoms with Gasteiger partial charge in [0, 0.05) is 0 Å². The van der Waals surface area contributed by atoms with Crippen molar-refractivity contribution in [1.82, 2.24) is 0 Å². The molecule has 0 aromatic carbocycles. The van der Waals surface area contributed by atoms with Crippen LogP contribution in [0.2, 0.25) is 0 Å². The Morgan fingerprint density at radius 3 is 0.714 bits per heavy atom. The van der Waals surface area contributed by atoms with Gasteiger partial charge in [-0.15, -0.1) is 30.3 Å². The van der Waals surface area contributed by atoms with Gasteiger partial charge in [0.1, 0.15) is 0 Å². The lowest BCUT2D eigenvalue weighted by molar-refractivity contribution is -0.742. The Kier molecular flexibility index (Phi) is 22.3. The average Bonchev–Trinajstić information content (AvgIpc) is 2.30. The lowest BCUT2D eigenvalue weighted by atomic mass is 9.93. The fourth-order valence-electron chi connectivity index (χ4n) is 0.300. The molecule has 0 saturated carbocycles. The molecule has 0 spiro atoms. The van der Waals surface area contributed by atoms with E-state index >= 15 is 0 Å². The minimum atomic E-state index is -1.50. The van der Waals surface area contributed by atoms with Crippen LogP contribution in [0, 0.1) is 35.8 Å². The van der Waals surface area contributed by atoms with Crippen LogP contribution < -0.4 is 0 Å². The maximum absolute atomic E-state index is 8.50. The van der Waals surface area contributed by atoms with Crippen molar-refractivity contribution >= 4 is 0 Å². The van der Waals surface area contributed by atoms with Crippen LogP contribution in [0.3, 0.4) is 0 Å². The summed E-state index contributed by atoms with van der Waals surface area (Å²) in [6.45, 7) is -1.62. The Labute approximate surface area is 115 Å². The van der Waals surface area contributed by atoms with Gasteiger partial charge in [0.2, 0.25) is 0 Å². The molecule has 0 aliphatic carbocycles. The van der Waals surface area contributed by atoms with Gasteiger partial charge in [0.15, 0.2) is 0 Å². The van der Waals surface area contributed by atoms with Gasteiger partial charge in [-0.05, 0) is 0 Å².